The first kappa shape index (κ1) is 29.9. The topological polar surface area (TPSA) is 61.7 Å². The van der Waals surface area contributed by atoms with Gasteiger partial charge in [0.15, 0.2) is 17.2 Å². The Bertz CT molecular complexity index is 3380. The van der Waals surface area contributed by atoms with E-state index in [1.54, 1.807) is 0 Å². The summed E-state index contributed by atoms with van der Waals surface area (Å²) in [5.74, 6) is 1.71. The van der Waals surface area contributed by atoms with Crippen LogP contribution < -0.4 is 0 Å². The van der Waals surface area contributed by atoms with Crippen LogP contribution in [0.4, 0.5) is 0 Å². The number of hydrogen-bond donors (Lipinski definition) is 0. The van der Waals surface area contributed by atoms with Crippen molar-refractivity contribution in [2.24, 2.45) is 0 Å². The Morgan fingerprint density at radius 1 is 0.400 bits per heavy atom. The van der Waals surface area contributed by atoms with E-state index in [1.807, 2.05) is 60.7 Å². The van der Waals surface area contributed by atoms with Crippen LogP contribution in [0.25, 0.3) is 111 Å². The molecule has 4 heterocycles. The van der Waals surface area contributed by atoms with Crippen LogP contribution in [0.2, 0.25) is 0 Å². The molecule has 0 aliphatic carbocycles. The molecule has 12 aromatic rings. The van der Waals surface area contributed by atoms with Gasteiger partial charge < -0.3 is 8.98 Å². The molecular formula is C49H29N5O. The summed E-state index contributed by atoms with van der Waals surface area (Å²) in [6.45, 7) is 0. The third kappa shape index (κ3) is 4.39. The first-order chi connectivity index (χ1) is 27.3. The van der Waals surface area contributed by atoms with Gasteiger partial charge in [-0.05, 0) is 47.2 Å². The van der Waals surface area contributed by atoms with Crippen molar-refractivity contribution in [1.82, 2.24) is 24.1 Å². The molecule has 0 unspecified atom stereocenters. The van der Waals surface area contributed by atoms with Crippen molar-refractivity contribution in [3.63, 3.8) is 0 Å². The van der Waals surface area contributed by atoms with Gasteiger partial charge in [-0.25, -0.2) is 4.98 Å². The van der Waals surface area contributed by atoms with E-state index in [1.165, 1.54) is 16.2 Å². The maximum atomic E-state index is 6.92. The molecule has 0 aliphatic heterocycles. The molecule has 12 rings (SSSR count). The predicted octanol–water partition coefficient (Wildman–Crippen LogP) is 12.5. The van der Waals surface area contributed by atoms with Gasteiger partial charge in [-0.2, -0.15) is 9.97 Å². The highest BCUT2D eigenvalue weighted by Crippen LogP contribution is 2.43. The molecule has 256 valence electrons. The Labute approximate surface area is 314 Å². The molecule has 0 spiro atoms. The summed E-state index contributed by atoms with van der Waals surface area (Å²) >= 11 is 0. The number of aromatic nitrogens is 5. The summed E-state index contributed by atoms with van der Waals surface area (Å²) in [6.07, 6.45) is 0. The third-order valence-corrected chi connectivity index (χ3v) is 11.0. The van der Waals surface area contributed by atoms with Gasteiger partial charge in [-0.1, -0.05) is 140 Å². The minimum Gasteiger partial charge on any atom is -0.454 e. The molecule has 0 N–H and O–H groups in total. The summed E-state index contributed by atoms with van der Waals surface area (Å²) < 4.78 is 11.5. The van der Waals surface area contributed by atoms with Crippen LogP contribution in [-0.2, 0) is 0 Å². The number of benzene rings is 8. The molecule has 6 nitrogen and oxygen atoms in total. The fourth-order valence-corrected chi connectivity index (χ4v) is 8.53. The van der Waals surface area contributed by atoms with Crippen molar-refractivity contribution in [3.8, 4) is 34.4 Å². The summed E-state index contributed by atoms with van der Waals surface area (Å²) in [7, 11) is 0. The fourth-order valence-electron chi connectivity index (χ4n) is 8.53. The Hall–Kier alpha value is -7.57. The third-order valence-electron chi connectivity index (χ3n) is 11.0. The molecule has 55 heavy (non-hydrogen) atoms. The molecule has 8 aromatic carbocycles. The van der Waals surface area contributed by atoms with Crippen LogP contribution in [0.15, 0.2) is 180 Å². The van der Waals surface area contributed by atoms with Crippen LogP contribution in [0.1, 0.15) is 0 Å². The number of furan rings is 1. The lowest BCUT2D eigenvalue weighted by Crippen LogP contribution is -2.06. The lowest BCUT2D eigenvalue weighted by molar-refractivity contribution is 0.671. The quantitative estimate of drug-likeness (QED) is 0.183. The monoisotopic (exact) mass is 703 g/mol. The number of nitrogens with zero attached hydrogens (tertiary/aromatic N) is 5. The van der Waals surface area contributed by atoms with Crippen molar-refractivity contribution in [1.29, 1.82) is 0 Å². The molecule has 4 aromatic heterocycles. The second kappa shape index (κ2) is 11.5. The molecule has 0 radical (unpaired) electrons. The van der Waals surface area contributed by atoms with Crippen molar-refractivity contribution < 1.29 is 4.42 Å². The molecule has 0 saturated heterocycles. The molecule has 0 bridgehead atoms. The van der Waals surface area contributed by atoms with E-state index >= 15 is 0 Å². The molecule has 0 saturated carbocycles. The van der Waals surface area contributed by atoms with E-state index < -0.39 is 0 Å². The Morgan fingerprint density at radius 2 is 0.964 bits per heavy atom. The summed E-state index contributed by atoms with van der Waals surface area (Å²) in [5, 5.41) is 9.05. The van der Waals surface area contributed by atoms with Crippen LogP contribution in [-0.4, -0.2) is 24.1 Å². The smallest absolute Gasteiger partial charge is 0.238 e. The number of rotatable bonds is 4. The first-order valence-electron chi connectivity index (χ1n) is 18.5. The van der Waals surface area contributed by atoms with Crippen LogP contribution in [0.3, 0.4) is 0 Å². The summed E-state index contributed by atoms with van der Waals surface area (Å²) in [6, 6.07) is 61.4. The van der Waals surface area contributed by atoms with Gasteiger partial charge in [-0.3, -0.25) is 4.57 Å². The SMILES string of the molecule is c1ccc(-c2nc(-c3ccccc3)nc(-n3c4cc(-n5c6ccccc6c6ccccc65)ccc4c4ccc5c(oc6ccc7ccccc7c65)c43)n2)cc1. The normalized spacial score (nSPS) is 12.0. The molecule has 0 aliphatic rings. The number of para-hydroxylation sites is 2. The van der Waals surface area contributed by atoms with Crippen LogP contribution >= 0.6 is 0 Å². The Morgan fingerprint density at radius 3 is 1.65 bits per heavy atom. The largest absolute Gasteiger partial charge is 0.454 e. The van der Waals surface area contributed by atoms with Crippen molar-refractivity contribution in [2.75, 3.05) is 0 Å². The zero-order chi connectivity index (χ0) is 36.0. The van der Waals surface area contributed by atoms with E-state index in [2.05, 4.69) is 124 Å². The fraction of sp³-hybridized carbons (Fsp3) is 0. The highest BCUT2D eigenvalue weighted by atomic mass is 16.3. The first-order valence-corrected chi connectivity index (χ1v) is 18.5. The minimum atomic E-state index is 0.518. The molecular weight excluding hydrogens is 675 g/mol. The highest BCUT2D eigenvalue weighted by molar-refractivity contribution is 6.26. The minimum absolute atomic E-state index is 0.518. The van der Waals surface area contributed by atoms with E-state index in [9.17, 15) is 0 Å². The average molecular weight is 704 g/mol. The summed E-state index contributed by atoms with van der Waals surface area (Å²) in [4.78, 5) is 15.6. The Balaban J connectivity index is 1.24. The van der Waals surface area contributed by atoms with E-state index in [-0.39, 0.29) is 0 Å². The maximum Gasteiger partial charge on any atom is 0.238 e. The molecule has 0 fully saturated rings. The van der Waals surface area contributed by atoms with Crippen LogP contribution in [0, 0.1) is 0 Å². The van der Waals surface area contributed by atoms with E-state index in [0.29, 0.717) is 17.6 Å². The zero-order valence-corrected chi connectivity index (χ0v) is 29.4. The lowest BCUT2D eigenvalue weighted by Gasteiger charge is -2.12. The van der Waals surface area contributed by atoms with E-state index in [4.69, 9.17) is 19.4 Å². The van der Waals surface area contributed by atoms with Gasteiger partial charge in [0, 0.05) is 49.1 Å². The van der Waals surface area contributed by atoms with Gasteiger partial charge >= 0.3 is 0 Å². The lowest BCUT2D eigenvalue weighted by atomic mass is 10.0. The Kier molecular flexibility index (Phi) is 6.24. The predicted molar refractivity (Wildman–Crippen MR) is 224 cm³/mol. The average Bonchev–Trinajstić information content (AvgIpc) is 3.92. The second-order valence-corrected chi connectivity index (χ2v) is 14.0. The summed E-state index contributed by atoms with van der Waals surface area (Å²) in [5.41, 5.74) is 8.68. The molecule has 6 heteroatoms. The van der Waals surface area contributed by atoms with Gasteiger partial charge in [-0.15, -0.1) is 0 Å². The van der Waals surface area contributed by atoms with Crippen molar-refractivity contribution in [3.05, 3.63) is 176 Å². The zero-order valence-electron chi connectivity index (χ0n) is 29.4. The standard InChI is InChI=1S/C49H29N5O/c1-3-14-31(15-4-1)47-50-48(32-16-5-2-6-17-32)52-49(51-47)54-42-29-33(53-40-21-11-9-19-35(40)36-20-10-12-22-41(36)53)24-25-37(42)38-26-27-39-44-34-18-8-7-13-30(34)23-28-43(44)55-46(39)45(38)54/h1-29H. The van der Waals surface area contributed by atoms with Gasteiger partial charge in [0.05, 0.1) is 16.6 Å². The number of hydrogen-bond acceptors (Lipinski definition) is 4. The highest BCUT2D eigenvalue weighted by Gasteiger charge is 2.24. The van der Waals surface area contributed by atoms with Crippen molar-refractivity contribution >= 4 is 76.3 Å². The van der Waals surface area contributed by atoms with E-state index in [0.717, 1.165) is 77.0 Å². The van der Waals surface area contributed by atoms with Crippen LogP contribution in [0.5, 0.6) is 0 Å². The molecule has 0 atom stereocenters. The molecule has 0 amide bonds. The van der Waals surface area contributed by atoms with Gasteiger partial charge in [0.25, 0.3) is 0 Å². The van der Waals surface area contributed by atoms with Crippen molar-refractivity contribution in [2.45, 2.75) is 0 Å². The maximum absolute atomic E-state index is 6.92. The van der Waals surface area contributed by atoms with Gasteiger partial charge in [0.2, 0.25) is 5.95 Å². The van der Waals surface area contributed by atoms with Gasteiger partial charge in [0.1, 0.15) is 11.1 Å². The second-order valence-electron chi connectivity index (χ2n) is 14.0. The number of fused-ring (bicyclic) bond motifs is 12.